The molecule has 3 rings (SSSR count). The molecule has 1 heterocycles. The van der Waals surface area contributed by atoms with Gasteiger partial charge in [-0.05, 0) is 42.6 Å². The third-order valence-corrected chi connectivity index (χ3v) is 5.98. The van der Waals surface area contributed by atoms with Crippen molar-refractivity contribution in [3.63, 3.8) is 0 Å². The van der Waals surface area contributed by atoms with Crippen molar-refractivity contribution >= 4 is 27.0 Å². The van der Waals surface area contributed by atoms with Crippen molar-refractivity contribution < 1.29 is 25.8 Å². The first-order valence-corrected chi connectivity index (χ1v) is 10.9. The normalized spacial score (nSPS) is 12.5. The highest BCUT2D eigenvalue weighted by Gasteiger charge is 2.42. The topological polar surface area (TPSA) is 43.4 Å². The number of halogens is 3. The third-order valence-electron chi connectivity index (χ3n) is 3.86. The van der Waals surface area contributed by atoms with E-state index in [9.17, 15) is 21.6 Å². The Morgan fingerprint density at radius 3 is 2.20 bits per heavy atom. The maximum Gasteiger partial charge on any atom is 0.452 e. The molecule has 0 bridgehead atoms. The highest BCUT2D eigenvalue weighted by atomic mass is 32.2. The molecule has 3 nitrogen and oxygen atoms in total. The van der Waals surface area contributed by atoms with Crippen LogP contribution in [0.4, 0.5) is 13.2 Å². The Morgan fingerprint density at radius 1 is 0.967 bits per heavy atom. The average molecular weight is 448 g/mol. The minimum atomic E-state index is -5.08. The molecule has 8 heteroatoms. The maximum atomic E-state index is 13.9. The van der Waals surface area contributed by atoms with Crippen LogP contribution in [0.1, 0.15) is 16.0 Å². The molecule has 0 radical (unpaired) electrons. The summed E-state index contributed by atoms with van der Waals surface area (Å²) in [6.45, 7) is 1.73. The van der Waals surface area contributed by atoms with E-state index in [1.165, 1.54) is 30.3 Å². The first-order chi connectivity index (χ1) is 14.2. The van der Waals surface area contributed by atoms with Crippen LogP contribution in [0.15, 0.2) is 82.8 Å². The van der Waals surface area contributed by atoms with Gasteiger partial charge in [-0.15, -0.1) is 11.3 Å². The minimum absolute atomic E-state index is 0.143. The van der Waals surface area contributed by atoms with Gasteiger partial charge in [-0.1, -0.05) is 53.8 Å². The fourth-order valence-electron chi connectivity index (χ4n) is 2.40. The summed E-state index contributed by atoms with van der Waals surface area (Å²) < 4.78 is 71.4. The first-order valence-electron chi connectivity index (χ1n) is 8.60. The van der Waals surface area contributed by atoms with Crippen molar-refractivity contribution in [1.82, 2.24) is 0 Å². The third kappa shape index (κ3) is 5.32. The van der Waals surface area contributed by atoms with Crippen LogP contribution >= 0.6 is 11.3 Å². The van der Waals surface area contributed by atoms with Crippen molar-refractivity contribution in [2.24, 2.45) is 0 Å². The van der Waals surface area contributed by atoms with E-state index in [0.29, 0.717) is 5.56 Å². The van der Waals surface area contributed by atoms with E-state index in [1.807, 2.05) is 0 Å². The molecule has 0 unspecified atom stereocenters. The molecule has 0 aliphatic rings. The second-order valence-electron chi connectivity index (χ2n) is 6.15. The fourth-order valence-corrected chi connectivity index (χ4v) is 4.09. The molecule has 0 aliphatic carbocycles. The molecule has 3 aromatic rings. The largest absolute Gasteiger partial charge is 0.452 e. The van der Waals surface area contributed by atoms with Crippen molar-refractivity contribution in [3.8, 4) is 11.8 Å². The summed E-state index contributed by atoms with van der Waals surface area (Å²) in [6, 6.07) is 16.7. The van der Waals surface area contributed by atoms with Gasteiger partial charge in [0.1, 0.15) is 4.90 Å². The smallest absolute Gasteiger partial charge is 0.372 e. The molecule has 2 aromatic carbocycles. The Bertz CT molecular complexity index is 1200. The monoisotopic (exact) mass is 448 g/mol. The van der Waals surface area contributed by atoms with Gasteiger partial charge < -0.3 is 4.18 Å². The Kier molecular flexibility index (Phi) is 6.34. The molecule has 0 saturated carbocycles. The summed E-state index contributed by atoms with van der Waals surface area (Å²) in [5.41, 5.74) is 0.694. The molecule has 0 N–H and O–H groups in total. The SMILES string of the molecule is Cc1ccc(S(=O)(=O)O/C(=C(\C#Cc2ccccc2)c2cccs2)C(F)(F)F)cc1. The van der Waals surface area contributed by atoms with E-state index in [2.05, 4.69) is 16.0 Å². The van der Waals surface area contributed by atoms with Gasteiger partial charge >= 0.3 is 16.3 Å². The number of alkyl halides is 3. The zero-order valence-corrected chi connectivity index (χ0v) is 17.2. The van der Waals surface area contributed by atoms with E-state index in [4.69, 9.17) is 0 Å². The predicted octanol–water partition coefficient (Wildman–Crippen LogP) is 5.79. The van der Waals surface area contributed by atoms with Gasteiger partial charge in [-0.3, -0.25) is 0 Å². The summed E-state index contributed by atoms with van der Waals surface area (Å²) in [5.74, 6) is 3.43. The summed E-state index contributed by atoms with van der Waals surface area (Å²) >= 11 is 0.999. The second kappa shape index (κ2) is 8.78. The lowest BCUT2D eigenvalue weighted by atomic mass is 10.1. The van der Waals surface area contributed by atoms with Gasteiger partial charge in [0.15, 0.2) is 0 Å². The van der Waals surface area contributed by atoms with Crippen molar-refractivity contribution in [2.45, 2.75) is 18.0 Å². The van der Waals surface area contributed by atoms with Crippen molar-refractivity contribution in [2.75, 3.05) is 0 Å². The number of rotatable bonds is 4. The molecule has 0 spiro atoms. The van der Waals surface area contributed by atoms with Crippen LogP contribution in [0.2, 0.25) is 0 Å². The summed E-state index contributed by atoms with van der Waals surface area (Å²) in [4.78, 5) is -0.235. The van der Waals surface area contributed by atoms with Gasteiger partial charge in [0.2, 0.25) is 5.76 Å². The van der Waals surface area contributed by atoms with Crippen LogP contribution in [-0.2, 0) is 14.3 Å². The van der Waals surface area contributed by atoms with E-state index in [0.717, 1.165) is 16.9 Å². The van der Waals surface area contributed by atoms with E-state index in [-0.39, 0.29) is 9.77 Å². The predicted molar refractivity (Wildman–Crippen MR) is 110 cm³/mol. The molecule has 154 valence electrons. The van der Waals surface area contributed by atoms with Gasteiger partial charge in [-0.25, -0.2) is 0 Å². The fraction of sp³-hybridized carbons (Fsp3) is 0.0909. The zero-order chi connectivity index (χ0) is 21.8. The summed E-state index contributed by atoms with van der Waals surface area (Å²) in [7, 11) is -4.72. The number of aryl methyl sites for hydroxylation is 1. The van der Waals surface area contributed by atoms with Gasteiger partial charge in [-0.2, -0.15) is 21.6 Å². The molecule has 0 saturated heterocycles. The first kappa shape index (κ1) is 21.7. The van der Waals surface area contributed by atoms with Crippen molar-refractivity contribution in [1.29, 1.82) is 0 Å². The Labute approximate surface area is 176 Å². The molecule has 1 aromatic heterocycles. The van der Waals surface area contributed by atoms with E-state index >= 15 is 0 Å². The maximum absolute atomic E-state index is 13.9. The molecule has 0 aliphatic heterocycles. The highest BCUT2D eigenvalue weighted by molar-refractivity contribution is 7.86. The minimum Gasteiger partial charge on any atom is -0.372 e. The molecule has 30 heavy (non-hydrogen) atoms. The van der Waals surface area contributed by atoms with Crippen LogP contribution in [-0.4, -0.2) is 14.6 Å². The Morgan fingerprint density at radius 2 is 1.63 bits per heavy atom. The molecule has 0 fully saturated rings. The lowest BCUT2D eigenvalue weighted by Crippen LogP contribution is -2.20. The average Bonchev–Trinajstić information content (AvgIpc) is 3.22. The number of thiophene rings is 1. The highest BCUT2D eigenvalue weighted by Crippen LogP contribution is 2.37. The molecule has 0 amide bonds. The van der Waals surface area contributed by atoms with Gasteiger partial charge in [0, 0.05) is 10.4 Å². The van der Waals surface area contributed by atoms with Crippen LogP contribution in [0.25, 0.3) is 5.57 Å². The lowest BCUT2D eigenvalue weighted by molar-refractivity contribution is -0.114. The van der Waals surface area contributed by atoms with Crippen LogP contribution in [0, 0.1) is 18.8 Å². The van der Waals surface area contributed by atoms with E-state index < -0.39 is 27.6 Å². The number of benzene rings is 2. The second-order valence-corrected chi connectivity index (χ2v) is 8.64. The molecular weight excluding hydrogens is 433 g/mol. The zero-order valence-electron chi connectivity index (χ0n) is 15.6. The van der Waals surface area contributed by atoms with Gasteiger partial charge in [0.05, 0.1) is 5.57 Å². The summed E-state index contributed by atoms with van der Waals surface area (Å²) in [6.07, 6.45) is -5.08. The van der Waals surface area contributed by atoms with Gasteiger partial charge in [0.25, 0.3) is 0 Å². The number of allylic oxidation sites excluding steroid dienone is 2. The summed E-state index contributed by atoms with van der Waals surface area (Å²) in [5, 5.41) is 1.57. The molecular formula is C22H15F3O3S2. The van der Waals surface area contributed by atoms with Crippen LogP contribution in [0.3, 0.4) is 0 Å². The standard InChI is InChI=1S/C22H15F3O3S2/c1-16-9-12-18(13-10-16)30(26,27)28-21(22(23,24)25)19(20-8-5-15-29-20)14-11-17-6-3-2-4-7-17/h2-10,12-13,15H,1H3/b21-19+. The van der Waals surface area contributed by atoms with E-state index in [1.54, 1.807) is 48.7 Å². The number of hydrogen-bond donors (Lipinski definition) is 0. The number of hydrogen-bond acceptors (Lipinski definition) is 4. The Hall–Kier alpha value is -3.02. The van der Waals surface area contributed by atoms with Crippen molar-refractivity contribution in [3.05, 3.63) is 93.9 Å². The van der Waals surface area contributed by atoms with Crippen LogP contribution < -0.4 is 0 Å². The lowest BCUT2D eigenvalue weighted by Gasteiger charge is -2.15. The van der Waals surface area contributed by atoms with Crippen LogP contribution in [0.5, 0.6) is 0 Å². The quantitative estimate of drug-likeness (QED) is 0.288. The Balaban J connectivity index is 2.15. The molecule has 0 atom stereocenters.